The van der Waals surface area contributed by atoms with Gasteiger partial charge >= 0.3 is 5.97 Å². The number of fused-ring (bicyclic) bond motifs is 2. The van der Waals surface area contributed by atoms with Crippen LogP contribution in [0, 0.1) is 11.8 Å². The van der Waals surface area contributed by atoms with Gasteiger partial charge in [0.1, 0.15) is 0 Å². The van der Waals surface area contributed by atoms with Crippen LogP contribution in [0.3, 0.4) is 0 Å². The van der Waals surface area contributed by atoms with Crippen LogP contribution in [0.1, 0.15) is 12.8 Å². The molecule has 6 nitrogen and oxygen atoms in total. The molecule has 0 aromatic heterocycles. The van der Waals surface area contributed by atoms with Crippen molar-refractivity contribution in [1.82, 2.24) is 4.90 Å². The van der Waals surface area contributed by atoms with Crippen molar-refractivity contribution < 1.29 is 19.4 Å². The van der Waals surface area contributed by atoms with E-state index in [-0.39, 0.29) is 18.1 Å². The number of carbonyl (C=O) groups excluding carboxylic acids is 1. The molecule has 2 bridgehead atoms. The number of hydrogen-bond acceptors (Lipinski definition) is 4. The van der Waals surface area contributed by atoms with Crippen molar-refractivity contribution in [1.29, 1.82) is 0 Å². The minimum Gasteiger partial charge on any atom is -0.481 e. The molecule has 1 amide bonds. The van der Waals surface area contributed by atoms with Crippen LogP contribution < -0.4 is 4.90 Å². The Labute approximate surface area is 151 Å². The molecule has 0 radical (unpaired) electrons. The van der Waals surface area contributed by atoms with Gasteiger partial charge in [-0.05, 0) is 31.0 Å². The summed E-state index contributed by atoms with van der Waals surface area (Å²) >= 11 is 6.05. The van der Waals surface area contributed by atoms with E-state index in [0.29, 0.717) is 31.2 Å². The molecule has 4 atom stereocenters. The molecule has 0 unspecified atom stereocenters. The Morgan fingerprint density at radius 1 is 1.08 bits per heavy atom. The van der Waals surface area contributed by atoms with E-state index in [4.69, 9.17) is 16.3 Å². The van der Waals surface area contributed by atoms with E-state index in [1.54, 1.807) is 4.90 Å². The first kappa shape index (κ1) is 16.7. The molecular weight excluding hydrogens is 344 g/mol. The molecule has 3 fully saturated rings. The highest BCUT2D eigenvalue weighted by Crippen LogP contribution is 2.44. The smallest absolute Gasteiger partial charge is 0.310 e. The van der Waals surface area contributed by atoms with Gasteiger partial charge in [0.2, 0.25) is 5.91 Å². The summed E-state index contributed by atoms with van der Waals surface area (Å²) in [4.78, 5) is 28.5. The number of ether oxygens (including phenoxy) is 1. The molecule has 0 spiro atoms. The van der Waals surface area contributed by atoms with Crippen molar-refractivity contribution >= 4 is 29.2 Å². The summed E-state index contributed by atoms with van der Waals surface area (Å²) < 4.78 is 5.72. The summed E-state index contributed by atoms with van der Waals surface area (Å²) in [5.74, 6) is -2.21. The number of aliphatic carboxylic acids is 1. The maximum Gasteiger partial charge on any atom is 0.310 e. The number of amides is 1. The van der Waals surface area contributed by atoms with Crippen LogP contribution in [0.4, 0.5) is 5.69 Å². The van der Waals surface area contributed by atoms with E-state index in [1.165, 1.54) is 0 Å². The third-order valence-corrected chi connectivity index (χ3v) is 5.84. The van der Waals surface area contributed by atoms with Crippen molar-refractivity contribution in [2.45, 2.75) is 25.0 Å². The van der Waals surface area contributed by atoms with Crippen molar-refractivity contribution in [3.05, 3.63) is 29.3 Å². The molecule has 3 heterocycles. The Morgan fingerprint density at radius 3 is 2.40 bits per heavy atom. The third-order valence-electron chi connectivity index (χ3n) is 5.61. The summed E-state index contributed by atoms with van der Waals surface area (Å²) in [7, 11) is 0. The highest BCUT2D eigenvalue weighted by molar-refractivity contribution is 6.30. The number of carboxylic acid groups (broad SMARTS) is 1. The number of benzene rings is 1. The summed E-state index contributed by atoms with van der Waals surface area (Å²) in [6, 6.07) is 7.68. The number of nitrogens with zero attached hydrogens (tertiary/aromatic N) is 2. The molecule has 1 aromatic carbocycles. The van der Waals surface area contributed by atoms with Gasteiger partial charge in [-0.3, -0.25) is 9.59 Å². The van der Waals surface area contributed by atoms with Crippen LogP contribution in [0.15, 0.2) is 24.3 Å². The largest absolute Gasteiger partial charge is 0.481 e. The zero-order valence-corrected chi connectivity index (χ0v) is 14.6. The maximum atomic E-state index is 12.9. The summed E-state index contributed by atoms with van der Waals surface area (Å²) in [6.07, 6.45) is 0.996. The number of carbonyl (C=O) groups is 2. The molecule has 3 aliphatic heterocycles. The van der Waals surface area contributed by atoms with Crippen molar-refractivity contribution in [2.24, 2.45) is 11.8 Å². The van der Waals surface area contributed by atoms with E-state index in [9.17, 15) is 14.7 Å². The van der Waals surface area contributed by atoms with Crippen LogP contribution in [0.5, 0.6) is 0 Å². The average molecular weight is 365 g/mol. The monoisotopic (exact) mass is 364 g/mol. The van der Waals surface area contributed by atoms with E-state index in [1.807, 2.05) is 24.3 Å². The lowest BCUT2D eigenvalue weighted by Gasteiger charge is -2.38. The number of carboxylic acids is 1. The quantitative estimate of drug-likeness (QED) is 0.886. The topological polar surface area (TPSA) is 70.1 Å². The van der Waals surface area contributed by atoms with Crippen LogP contribution >= 0.6 is 11.6 Å². The average Bonchev–Trinajstić information content (AvgIpc) is 3.22. The molecular formula is C18H21ClN2O4. The molecule has 25 heavy (non-hydrogen) atoms. The third kappa shape index (κ3) is 2.98. The first-order valence-corrected chi connectivity index (χ1v) is 9.10. The van der Waals surface area contributed by atoms with Crippen LogP contribution in [-0.4, -0.2) is 60.3 Å². The van der Waals surface area contributed by atoms with Gasteiger partial charge in [-0.25, -0.2) is 0 Å². The Bertz CT molecular complexity index is 689. The van der Waals surface area contributed by atoms with Gasteiger partial charge in [0.05, 0.1) is 24.0 Å². The Morgan fingerprint density at radius 2 is 1.76 bits per heavy atom. The fourth-order valence-electron chi connectivity index (χ4n) is 4.37. The molecule has 3 saturated heterocycles. The van der Waals surface area contributed by atoms with Crippen LogP contribution in [0.2, 0.25) is 5.02 Å². The Kier molecular flexibility index (Phi) is 4.33. The first-order valence-electron chi connectivity index (χ1n) is 8.72. The Balaban J connectivity index is 1.42. The molecule has 0 saturated carbocycles. The molecule has 134 valence electrons. The van der Waals surface area contributed by atoms with E-state index in [0.717, 1.165) is 18.5 Å². The highest BCUT2D eigenvalue weighted by Gasteiger charge is 2.56. The highest BCUT2D eigenvalue weighted by atomic mass is 35.5. The van der Waals surface area contributed by atoms with Gasteiger partial charge in [-0.2, -0.15) is 0 Å². The molecule has 1 aromatic rings. The Hall–Kier alpha value is -1.79. The predicted octanol–water partition coefficient (Wildman–Crippen LogP) is 1.87. The summed E-state index contributed by atoms with van der Waals surface area (Å²) in [5.41, 5.74) is 1.05. The number of piperazine rings is 1. The van der Waals surface area contributed by atoms with Gasteiger partial charge in [0.15, 0.2) is 0 Å². The lowest BCUT2D eigenvalue weighted by Crippen LogP contribution is -2.53. The van der Waals surface area contributed by atoms with Gasteiger partial charge in [-0.1, -0.05) is 17.7 Å². The van der Waals surface area contributed by atoms with Gasteiger partial charge in [0.25, 0.3) is 0 Å². The molecule has 1 N–H and O–H groups in total. The second-order valence-corrected chi connectivity index (χ2v) is 7.41. The number of rotatable bonds is 3. The zero-order chi connectivity index (χ0) is 17.6. The van der Waals surface area contributed by atoms with Crippen molar-refractivity contribution in [3.8, 4) is 0 Å². The van der Waals surface area contributed by atoms with Gasteiger partial charge in [-0.15, -0.1) is 0 Å². The lowest BCUT2D eigenvalue weighted by molar-refractivity contribution is -0.151. The van der Waals surface area contributed by atoms with E-state index >= 15 is 0 Å². The van der Waals surface area contributed by atoms with Gasteiger partial charge in [0, 0.05) is 36.9 Å². The van der Waals surface area contributed by atoms with Crippen LogP contribution in [0.25, 0.3) is 0 Å². The fraction of sp³-hybridized carbons (Fsp3) is 0.556. The maximum absolute atomic E-state index is 12.9. The van der Waals surface area contributed by atoms with E-state index < -0.39 is 17.8 Å². The molecule has 0 aliphatic carbocycles. The van der Waals surface area contributed by atoms with Crippen molar-refractivity contribution in [3.63, 3.8) is 0 Å². The summed E-state index contributed by atoms with van der Waals surface area (Å²) in [5, 5.41) is 10.2. The first-order chi connectivity index (χ1) is 12.0. The standard InChI is InChI=1S/C18H21ClN2O4/c19-11-2-1-3-12(10-11)20-6-8-21(9-7-20)17(22)15-13-4-5-14(25-13)16(15)18(23)24/h1-3,10,13-16H,4-9H2,(H,23,24)/t13-,14+,15-,16+/m1/s1. The number of anilines is 1. The minimum atomic E-state index is -0.914. The molecule has 3 aliphatic rings. The molecule has 7 heteroatoms. The molecule has 4 rings (SSSR count). The van der Waals surface area contributed by atoms with E-state index in [2.05, 4.69) is 4.90 Å². The normalized spacial score (nSPS) is 31.4. The van der Waals surface area contributed by atoms with Gasteiger partial charge < -0.3 is 19.6 Å². The number of halogens is 1. The predicted molar refractivity (Wildman–Crippen MR) is 92.8 cm³/mol. The number of hydrogen-bond donors (Lipinski definition) is 1. The lowest BCUT2D eigenvalue weighted by atomic mass is 9.78. The van der Waals surface area contributed by atoms with Crippen molar-refractivity contribution in [2.75, 3.05) is 31.1 Å². The SMILES string of the molecule is O=C(O)[C@@H]1[C@H](C(=O)N2CCN(c3cccc(Cl)c3)CC2)[C@H]2CC[C@@H]1O2. The fourth-order valence-corrected chi connectivity index (χ4v) is 4.56. The second kappa shape index (κ2) is 6.50. The van der Waals surface area contributed by atoms with Crippen LogP contribution in [-0.2, 0) is 14.3 Å². The zero-order valence-electron chi connectivity index (χ0n) is 13.8. The second-order valence-electron chi connectivity index (χ2n) is 6.97. The summed E-state index contributed by atoms with van der Waals surface area (Å²) in [6.45, 7) is 2.61. The minimum absolute atomic E-state index is 0.0645.